The van der Waals surface area contributed by atoms with E-state index >= 15 is 0 Å². The van der Waals surface area contributed by atoms with E-state index in [0.717, 1.165) is 24.3 Å². The van der Waals surface area contributed by atoms with Crippen LogP contribution in [0.3, 0.4) is 0 Å². The molecule has 0 saturated carbocycles. The van der Waals surface area contributed by atoms with E-state index in [0.29, 0.717) is 12.1 Å². The lowest BCUT2D eigenvalue weighted by Crippen LogP contribution is -2.18. The monoisotopic (exact) mass is 290 g/mol. The van der Waals surface area contributed by atoms with Crippen LogP contribution in [0.25, 0.3) is 0 Å². The highest BCUT2D eigenvalue weighted by atomic mass is 19.1. The van der Waals surface area contributed by atoms with Crippen LogP contribution in [0, 0.1) is 11.6 Å². The Hall–Kier alpha value is -1.94. The van der Waals surface area contributed by atoms with Crippen LogP contribution in [0.2, 0.25) is 0 Å². The second-order valence-corrected chi connectivity index (χ2v) is 5.04. The number of hydrogen-bond donors (Lipinski definition) is 1. The number of rotatable bonds is 6. The average molecular weight is 290 g/mol. The number of nitrogens with zero attached hydrogens (tertiary/aromatic N) is 1. The summed E-state index contributed by atoms with van der Waals surface area (Å²) in [6.45, 7) is 4.08. The van der Waals surface area contributed by atoms with Crippen molar-refractivity contribution in [1.82, 2.24) is 5.32 Å². The van der Waals surface area contributed by atoms with Crippen LogP contribution >= 0.6 is 0 Å². The Morgan fingerprint density at radius 2 is 1.76 bits per heavy atom. The SMILES string of the molecule is CCNCc1ccc(F)c(CN(C)c2ccc(F)cc2)c1. The van der Waals surface area contributed by atoms with E-state index in [1.807, 2.05) is 24.9 Å². The minimum absolute atomic E-state index is 0.218. The molecule has 0 fully saturated rings. The minimum atomic E-state index is -0.272. The summed E-state index contributed by atoms with van der Waals surface area (Å²) >= 11 is 0. The number of benzene rings is 2. The first kappa shape index (κ1) is 15.4. The van der Waals surface area contributed by atoms with Gasteiger partial charge in [0.1, 0.15) is 11.6 Å². The van der Waals surface area contributed by atoms with Crippen molar-refractivity contribution in [3.8, 4) is 0 Å². The van der Waals surface area contributed by atoms with Gasteiger partial charge in [-0.3, -0.25) is 0 Å². The summed E-state index contributed by atoms with van der Waals surface area (Å²) in [6.07, 6.45) is 0. The van der Waals surface area contributed by atoms with Crippen molar-refractivity contribution in [2.45, 2.75) is 20.0 Å². The second kappa shape index (κ2) is 7.18. The lowest BCUT2D eigenvalue weighted by Gasteiger charge is -2.20. The van der Waals surface area contributed by atoms with E-state index in [-0.39, 0.29) is 11.6 Å². The van der Waals surface area contributed by atoms with Gasteiger partial charge in [0, 0.05) is 31.4 Å². The van der Waals surface area contributed by atoms with Crippen molar-refractivity contribution >= 4 is 5.69 Å². The van der Waals surface area contributed by atoms with E-state index < -0.39 is 0 Å². The Balaban J connectivity index is 2.12. The number of halogens is 2. The summed E-state index contributed by atoms with van der Waals surface area (Å²) in [5.74, 6) is -0.491. The molecule has 0 spiro atoms. The third-order valence-corrected chi connectivity index (χ3v) is 3.36. The maximum absolute atomic E-state index is 13.9. The fourth-order valence-electron chi connectivity index (χ4n) is 2.17. The van der Waals surface area contributed by atoms with Gasteiger partial charge in [0.25, 0.3) is 0 Å². The molecule has 2 rings (SSSR count). The van der Waals surface area contributed by atoms with Crippen molar-refractivity contribution in [3.63, 3.8) is 0 Å². The zero-order valence-corrected chi connectivity index (χ0v) is 12.4. The van der Waals surface area contributed by atoms with Crippen molar-refractivity contribution < 1.29 is 8.78 Å². The van der Waals surface area contributed by atoms with Gasteiger partial charge in [-0.1, -0.05) is 13.0 Å². The van der Waals surface area contributed by atoms with E-state index in [1.54, 1.807) is 18.2 Å². The topological polar surface area (TPSA) is 15.3 Å². The normalized spacial score (nSPS) is 10.7. The lowest BCUT2D eigenvalue weighted by molar-refractivity contribution is 0.605. The van der Waals surface area contributed by atoms with Gasteiger partial charge < -0.3 is 10.2 Å². The van der Waals surface area contributed by atoms with Gasteiger partial charge in [-0.15, -0.1) is 0 Å². The van der Waals surface area contributed by atoms with Gasteiger partial charge >= 0.3 is 0 Å². The molecule has 2 aromatic rings. The Morgan fingerprint density at radius 1 is 1.05 bits per heavy atom. The van der Waals surface area contributed by atoms with E-state index in [2.05, 4.69) is 5.32 Å². The van der Waals surface area contributed by atoms with Gasteiger partial charge in [0.15, 0.2) is 0 Å². The first-order valence-electron chi connectivity index (χ1n) is 7.05. The molecular weight excluding hydrogens is 270 g/mol. The summed E-state index contributed by atoms with van der Waals surface area (Å²) < 4.78 is 26.9. The second-order valence-electron chi connectivity index (χ2n) is 5.04. The Labute approximate surface area is 124 Å². The quantitative estimate of drug-likeness (QED) is 0.872. The van der Waals surface area contributed by atoms with Gasteiger partial charge in [0.05, 0.1) is 0 Å². The van der Waals surface area contributed by atoms with Gasteiger partial charge in [0.2, 0.25) is 0 Å². The minimum Gasteiger partial charge on any atom is -0.370 e. The molecule has 0 bridgehead atoms. The molecule has 0 saturated heterocycles. The van der Waals surface area contributed by atoms with Crippen molar-refractivity contribution in [2.24, 2.45) is 0 Å². The molecule has 21 heavy (non-hydrogen) atoms. The third-order valence-electron chi connectivity index (χ3n) is 3.36. The summed E-state index contributed by atoms with van der Waals surface area (Å²) in [4.78, 5) is 1.90. The van der Waals surface area contributed by atoms with Crippen molar-refractivity contribution in [3.05, 3.63) is 65.2 Å². The van der Waals surface area contributed by atoms with Crippen LogP contribution in [-0.2, 0) is 13.1 Å². The van der Waals surface area contributed by atoms with Gasteiger partial charge in [-0.05, 0) is 48.5 Å². The molecule has 0 aliphatic heterocycles. The number of nitrogens with one attached hydrogen (secondary N) is 1. The highest BCUT2D eigenvalue weighted by Gasteiger charge is 2.08. The predicted molar refractivity (Wildman–Crippen MR) is 82.3 cm³/mol. The molecule has 2 nitrogen and oxygen atoms in total. The fraction of sp³-hybridized carbons (Fsp3) is 0.294. The average Bonchev–Trinajstić information content (AvgIpc) is 2.48. The smallest absolute Gasteiger partial charge is 0.128 e. The highest BCUT2D eigenvalue weighted by molar-refractivity contribution is 5.46. The van der Waals surface area contributed by atoms with Crippen molar-refractivity contribution in [2.75, 3.05) is 18.5 Å². The standard InChI is InChI=1S/C17H20F2N2/c1-3-20-11-13-4-9-17(19)14(10-13)12-21(2)16-7-5-15(18)6-8-16/h4-10,20H,3,11-12H2,1-2H3. The zero-order valence-electron chi connectivity index (χ0n) is 12.4. The first-order valence-corrected chi connectivity index (χ1v) is 7.05. The first-order chi connectivity index (χ1) is 10.1. The van der Waals surface area contributed by atoms with Crippen LogP contribution < -0.4 is 10.2 Å². The Morgan fingerprint density at radius 3 is 2.43 bits per heavy atom. The summed E-state index contributed by atoms with van der Waals surface area (Å²) in [7, 11) is 1.86. The van der Waals surface area contributed by atoms with Crippen LogP contribution in [0.15, 0.2) is 42.5 Å². The van der Waals surface area contributed by atoms with Crippen LogP contribution in [0.4, 0.5) is 14.5 Å². The molecule has 0 unspecified atom stereocenters. The summed E-state index contributed by atoms with van der Waals surface area (Å²) in [5.41, 5.74) is 2.55. The molecule has 0 aliphatic carbocycles. The van der Waals surface area contributed by atoms with E-state index in [4.69, 9.17) is 0 Å². The Bertz CT molecular complexity index is 582. The molecule has 2 aromatic carbocycles. The number of anilines is 1. The molecule has 0 aliphatic rings. The molecular formula is C17H20F2N2. The molecule has 4 heteroatoms. The molecule has 0 heterocycles. The van der Waals surface area contributed by atoms with Crippen molar-refractivity contribution in [1.29, 1.82) is 0 Å². The molecule has 0 atom stereocenters. The predicted octanol–water partition coefficient (Wildman–Crippen LogP) is 3.71. The molecule has 112 valence electrons. The molecule has 0 radical (unpaired) electrons. The highest BCUT2D eigenvalue weighted by Crippen LogP contribution is 2.18. The summed E-state index contributed by atoms with van der Waals surface area (Å²) in [6, 6.07) is 11.4. The van der Waals surface area contributed by atoms with Gasteiger partial charge in [-0.25, -0.2) is 8.78 Å². The molecule has 1 N–H and O–H groups in total. The zero-order chi connectivity index (χ0) is 15.2. The Kier molecular flexibility index (Phi) is 5.28. The summed E-state index contributed by atoms with van der Waals surface area (Å²) in [5, 5.41) is 3.22. The molecule has 0 amide bonds. The maximum Gasteiger partial charge on any atom is 0.128 e. The number of hydrogen-bond acceptors (Lipinski definition) is 2. The van der Waals surface area contributed by atoms with Gasteiger partial charge in [-0.2, -0.15) is 0 Å². The van der Waals surface area contributed by atoms with E-state index in [1.165, 1.54) is 18.2 Å². The lowest BCUT2D eigenvalue weighted by atomic mass is 10.1. The largest absolute Gasteiger partial charge is 0.370 e. The van der Waals surface area contributed by atoms with Crippen LogP contribution in [-0.4, -0.2) is 13.6 Å². The van der Waals surface area contributed by atoms with E-state index in [9.17, 15) is 8.78 Å². The van der Waals surface area contributed by atoms with Crippen LogP contribution in [0.5, 0.6) is 0 Å². The molecule has 0 aromatic heterocycles. The third kappa shape index (κ3) is 4.26. The maximum atomic E-state index is 13.9. The van der Waals surface area contributed by atoms with Crippen LogP contribution in [0.1, 0.15) is 18.1 Å². The fourth-order valence-corrected chi connectivity index (χ4v) is 2.17.